The van der Waals surface area contributed by atoms with E-state index >= 15 is 0 Å². The van der Waals surface area contributed by atoms with Crippen molar-refractivity contribution in [3.63, 3.8) is 0 Å². The van der Waals surface area contributed by atoms with Gasteiger partial charge >= 0.3 is 0 Å². The zero-order valence-corrected chi connectivity index (χ0v) is 21.0. The third-order valence-corrected chi connectivity index (χ3v) is 8.01. The van der Waals surface area contributed by atoms with Gasteiger partial charge in [-0.15, -0.1) is 0 Å². The quantitative estimate of drug-likeness (QED) is 0.405. The first-order valence-electron chi connectivity index (χ1n) is 12.8. The number of carbonyl (C=O) groups is 1. The Hall–Kier alpha value is -1.83. The van der Waals surface area contributed by atoms with E-state index in [1.165, 1.54) is 28.7 Å². The normalized spacial score (nSPS) is 33.8. The van der Waals surface area contributed by atoms with Crippen molar-refractivity contribution in [1.82, 2.24) is 0 Å². The number of hydrogen-bond donors (Lipinski definition) is 0. The lowest BCUT2D eigenvalue weighted by Gasteiger charge is -2.41. The van der Waals surface area contributed by atoms with Crippen LogP contribution >= 0.6 is 0 Å². The summed E-state index contributed by atoms with van der Waals surface area (Å²) in [5.74, 6) is 2.00. The number of hydrogen-bond acceptors (Lipinski definition) is 2. The van der Waals surface area contributed by atoms with Crippen LogP contribution in [0.25, 0.3) is 0 Å². The van der Waals surface area contributed by atoms with Crippen LogP contribution in [0.3, 0.4) is 0 Å². The summed E-state index contributed by atoms with van der Waals surface area (Å²) in [6.07, 6.45) is 16.2. The SMILES string of the molecule is C=C(C)[C@@H]1C/C=C(/C)CCCC2(CCC3=C(C[C@@H](C(=C)C)C/C=C(/C)CCC3)O2)C(=O)C1. The second-order valence-corrected chi connectivity index (χ2v) is 10.8. The van der Waals surface area contributed by atoms with E-state index in [9.17, 15) is 4.79 Å². The van der Waals surface area contributed by atoms with Crippen LogP contribution < -0.4 is 0 Å². The van der Waals surface area contributed by atoms with Crippen LogP contribution in [0.1, 0.15) is 105 Å². The van der Waals surface area contributed by atoms with E-state index < -0.39 is 5.60 Å². The van der Waals surface area contributed by atoms with E-state index in [0.29, 0.717) is 18.1 Å². The minimum atomic E-state index is -0.653. The number of ketones is 1. The van der Waals surface area contributed by atoms with Crippen LogP contribution in [0.2, 0.25) is 0 Å². The molecule has 3 rings (SSSR count). The molecule has 0 aromatic rings. The predicted molar refractivity (Wildman–Crippen MR) is 135 cm³/mol. The van der Waals surface area contributed by atoms with Gasteiger partial charge in [-0.1, -0.05) is 47.6 Å². The summed E-state index contributed by atoms with van der Waals surface area (Å²) in [7, 11) is 0. The number of allylic oxidation sites excluding steroid dienone is 8. The van der Waals surface area contributed by atoms with E-state index in [-0.39, 0.29) is 5.92 Å². The molecule has 0 radical (unpaired) electrons. The fourth-order valence-electron chi connectivity index (χ4n) is 5.49. The Morgan fingerprint density at radius 1 is 0.875 bits per heavy atom. The van der Waals surface area contributed by atoms with E-state index in [2.05, 4.69) is 53.0 Å². The first-order valence-corrected chi connectivity index (χ1v) is 12.8. The number of rotatable bonds is 2. The summed E-state index contributed by atoms with van der Waals surface area (Å²) in [6, 6.07) is 0. The Kier molecular flexibility index (Phi) is 8.42. The Morgan fingerprint density at radius 3 is 2.09 bits per heavy atom. The van der Waals surface area contributed by atoms with Crippen molar-refractivity contribution in [2.24, 2.45) is 11.8 Å². The van der Waals surface area contributed by atoms with Crippen molar-refractivity contribution in [2.75, 3.05) is 0 Å². The molecule has 0 aromatic heterocycles. The maximum atomic E-state index is 13.8. The average molecular weight is 437 g/mol. The highest BCUT2D eigenvalue weighted by Gasteiger charge is 2.44. The molecule has 0 saturated heterocycles. The smallest absolute Gasteiger partial charge is 0.176 e. The Balaban J connectivity index is 1.90. The van der Waals surface area contributed by atoms with Gasteiger partial charge in [0.1, 0.15) is 0 Å². The minimum Gasteiger partial charge on any atom is -0.484 e. The summed E-state index contributed by atoms with van der Waals surface area (Å²) < 4.78 is 6.88. The molecule has 1 heterocycles. The maximum absolute atomic E-state index is 13.8. The van der Waals surface area contributed by atoms with E-state index in [0.717, 1.165) is 75.5 Å². The second-order valence-electron chi connectivity index (χ2n) is 10.8. The molecule has 0 fully saturated rings. The molecule has 32 heavy (non-hydrogen) atoms. The number of Topliss-reactive ketones (excluding diaryl/α,β-unsaturated/α-hetero) is 1. The molecule has 3 aliphatic rings. The van der Waals surface area contributed by atoms with Crippen molar-refractivity contribution in [3.05, 3.63) is 58.9 Å². The standard InChI is InChI=1S/C30H44O2/c1-21(2)26-14-12-23(5)9-7-11-25-16-18-30(32-28(25)19-26)17-8-10-24(6)13-15-27(22(3)4)20-29(30)31/h12-13,26-27H,1,3,7-11,14-20H2,2,4-6H3/b23-12-,24-13-/t26-,27+,30?/m0/s1. The van der Waals surface area contributed by atoms with Crippen LogP contribution in [0.5, 0.6) is 0 Å². The predicted octanol–water partition coefficient (Wildman–Crippen LogP) is 8.56. The van der Waals surface area contributed by atoms with Gasteiger partial charge in [-0.05, 0) is 109 Å². The maximum Gasteiger partial charge on any atom is 0.176 e. The Bertz CT molecular complexity index is 837. The first kappa shape index (κ1) is 24.8. The lowest BCUT2D eigenvalue weighted by molar-refractivity contribution is -0.144. The summed E-state index contributed by atoms with van der Waals surface area (Å²) in [6.45, 7) is 17.2. The third kappa shape index (κ3) is 6.15. The fourth-order valence-corrected chi connectivity index (χ4v) is 5.49. The highest BCUT2D eigenvalue weighted by molar-refractivity contribution is 5.88. The molecule has 0 N–H and O–H groups in total. The first-order chi connectivity index (χ1) is 15.2. The largest absolute Gasteiger partial charge is 0.484 e. The molecule has 0 saturated carbocycles. The van der Waals surface area contributed by atoms with Crippen molar-refractivity contribution in [2.45, 2.75) is 110 Å². The van der Waals surface area contributed by atoms with Crippen LogP contribution in [-0.4, -0.2) is 11.4 Å². The van der Waals surface area contributed by atoms with Gasteiger partial charge < -0.3 is 4.74 Å². The summed E-state index contributed by atoms with van der Waals surface area (Å²) in [5, 5.41) is 0. The monoisotopic (exact) mass is 436 g/mol. The fraction of sp³-hybridized carbons (Fsp3) is 0.633. The minimum absolute atomic E-state index is 0.215. The molecular formula is C30H44O2. The molecular weight excluding hydrogens is 392 g/mol. The molecule has 1 spiro atoms. The van der Waals surface area contributed by atoms with Gasteiger partial charge in [-0.3, -0.25) is 4.79 Å². The van der Waals surface area contributed by atoms with E-state index in [1.54, 1.807) is 0 Å². The second kappa shape index (κ2) is 10.9. The van der Waals surface area contributed by atoms with Crippen LogP contribution in [0, 0.1) is 11.8 Å². The van der Waals surface area contributed by atoms with Crippen molar-refractivity contribution < 1.29 is 9.53 Å². The van der Waals surface area contributed by atoms with Crippen LogP contribution in [0.4, 0.5) is 0 Å². The molecule has 0 amide bonds. The van der Waals surface area contributed by atoms with Gasteiger partial charge in [-0.2, -0.15) is 0 Å². The lowest BCUT2D eigenvalue weighted by Crippen LogP contribution is -2.45. The van der Waals surface area contributed by atoms with Crippen molar-refractivity contribution >= 4 is 5.78 Å². The molecule has 2 heteroatoms. The topological polar surface area (TPSA) is 26.3 Å². The van der Waals surface area contributed by atoms with Gasteiger partial charge in [-0.25, -0.2) is 0 Å². The number of carbonyl (C=O) groups excluding carboxylic acids is 1. The molecule has 0 aromatic carbocycles. The Labute approximate surface area is 196 Å². The van der Waals surface area contributed by atoms with Gasteiger partial charge in [0.2, 0.25) is 0 Å². The molecule has 2 aliphatic carbocycles. The highest BCUT2D eigenvalue weighted by atomic mass is 16.5. The zero-order valence-electron chi connectivity index (χ0n) is 21.0. The summed E-state index contributed by atoms with van der Waals surface area (Å²) in [5.41, 5.74) is 6.04. The van der Waals surface area contributed by atoms with Crippen molar-refractivity contribution in [1.29, 1.82) is 0 Å². The third-order valence-electron chi connectivity index (χ3n) is 8.01. The van der Waals surface area contributed by atoms with Gasteiger partial charge in [0, 0.05) is 12.8 Å². The number of ether oxygens (including phenoxy) is 1. The molecule has 1 aliphatic heterocycles. The molecule has 2 nitrogen and oxygen atoms in total. The van der Waals surface area contributed by atoms with E-state index in [4.69, 9.17) is 4.74 Å². The van der Waals surface area contributed by atoms with Gasteiger partial charge in [0.15, 0.2) is 11.4 Å². The van der Waals surface area contributed by atoms with Crippen LogP contribution in [0.15, 0.2) is 58.9 Å². The van der Waals surface area contributed by atoms with Gasteiger partial charge in [0.25, 0.3) is 0 Å². The van der Waals surface area contributed by atoms with E-state index in [1.807, 2.05) is 0 Å². The Morgan fingerprint density at radius 2 is 1.47 bits per heavy atom. The molecule has 1 unspecified atom stereocenters. The molecule has 176 valence electrons. The van der Waals surface area contributed by atoms with Crippen LogP contribution in [-0.2, 0) is 9.53 Å². The zero-order chi connectivity index (χ0) is 23.3. The molecule has 3 atom stereocenters. The summed E-state index contributed by atoms with van der Waals surface area (Å²) in [4.78, 5) is 13.8. The highest BCUT2D eigenvalue weighted by Crippen LogP contribution is 2.43. The van der Waals surface area contributed by atoms with Gasteiger partial charge in [0.05, 0.1) is 5.76 Å². The van der Waals surface area contributed by atoms with Crippen molar-refractivity contribution in [3.8, 4) is 0 Å². The molecule has 0 bridgehead atoms. The average Bonchev–Trinajstić information content (AvgIpc) is 2.74. The summed E-state index contributed by atoms with van der Waals surface area (Å²) >= 11 is 0. The lowest BCUT2D eigenvalue weighted by atomic mass is 9.76.